The van der Waals surface area contributed by atoms with E-state index in [0.29, 0.717) is 11.6 Å². The lowest BCUT2D eigenvalue weighted by Crippen LogP contribution is -2.32. The maximum absolute atomic E-state index is 11.6. The Kier molecular flexibility index (Phi) is 3.89. The Morgan fingerprint density at radius 3 is 2.29 bits per heavy atom. The summed E-state index contributed by atoms with van der Waals surface area (Å²) >= 11 is 0. The molecule has 0 atom stereocenters. The molecule has 0 aliphatic heterocycles. The van der Waals surface area contributed by atoms with Gasteiger partial charge in [-0.05, 0) is 6.92 Å². The van der Waals surface area contributed by atoms with Crippen molar-refractivity contribution in [2.45, 2.75) is 13.5 Å². The third kappa shape index (κ3) is 4.40. The van der Waals surface area contributed by atoms with Crippen molar-refractivity contribution in [3.05, 3.63) is 11.6 Å². The molecule has 0 aromatic carbocycles. The number of H-pyrrole nitrogens is 1. The fourth-order valence-corrected chi connectivity index (χ4v) is 4.31. The van der Waals surface area contributed by atoms with Gasteiger partial charge in [0.25, 0.3) is 0 Å². The Bertz CT molecular complexity index is 589. The van der Waals surface area contributed by atoms with E-state index in [1.165, 1.54) is 7.05 Å². The van der Waals surface area contributed by atoms with Gasteiger partial charge >= 0.3 is 0 Å². The van der Waals surface area contributed by atoms with Crippen LogP contribution < -0.4 is 0 Å². The monoisotopic (exact) mass is 282 g/mol. The van der Waals surface area contributed by atoms with Gasteiger partial charge in [0, 0.05) is 13.3 Å². The predicted molar refractivity (Wildman–Crippen MR) is 61.2 cm³/mol. The molecule has 1 heterocycles. The van der Waals surface area contributed by atoms with Gasteiger partial charge in [0.15, 0.2) is 20.7 Å². The molecule has 0 spiro atoms. The molecule has 0 saturated carbocycles. The van der Waals surface area contributed by atoms with E-state index in [-0.39, 0.29) is 6.54 Å². The fraction of sp³-hybridized carbons (Fsp3) is 0.714. The molecule has 8 nitrogen and oxygen atoms in total. The number of sulfonamides is 1. The highest BCUT2D eigenvalue weighted by atomic mass is 32.3. The summed E-state index contributed by atoms with van der Waals surface area (Å²) in [6.45, 7) is 1.61. The highest BCUT2D eigenvalue weighted by molar-refractivity contribution is 8.06. The zero-order valence-electron chi connectivity index (χ0n) is 9.71. The normalized spacial score (nSPS) is 13.2. The van der Waals surface area contributed by atoms with Crippen LogP contribution >= 0.6 is 0 Å². The molecule has 0 aliphatic rings. The fourth-order valence-electron chi connectivity index (χ4n) is 1.12. The van der Waals surface area contributed by atoms with Crippen LogP contribution in [0.5, 0.6) is 0 Å². The molecule has 0 unspecified atom stereocenters. The third-order valence-electron chi connectivity index (χ3n) is 1.85. The first-order valence-electron chi connectivity index (χ1n) is 4.60. The maximum atomic E-state index is 11.6. The summed E-state index contributed by atoms with van der Waals surface area (Å²) in [5.41, 5.74) is 0. The van der Waals surface area contributed by atoms with E-state index < -0.39 is 24.9 Å². The molecule has 17 heavy (non-hydrogen) atoms. The first-order chi connectivity index (χ1) is 7.60. The molecule has 0 saturated heterocycles. The van der Waals surface area contributed by atoms with E-state index in [2.05, 4.69) is 15.2 Å². The van der Waals surface area contributed by atoms with Crippen molar-refractivity contribution in [3.8, 4) is 0 Å². The molecule has 98 valence electrons. The highest BCUT2D eigenvalue weighted by Crippen LogP contribution is 2.06. The second-order valence-corrected chi connectivity index (χ2v) is 8.33. The standard InChI is InChI=1S/C7H14N4O4S2/c1-6-8-7(10-9-6)4-11(2)17(14,15)5-16(3,12)13/h4-5H2,1-3H3,(H,8,9,10). The molecule has 10 heteroatoms. The van der Waals surface area contributed by atoms with Crippen molar-refractivity contribution in [3.63, 3.8) is 0 Å². The molecular weight excluding hydrogens is 268 g/mol. The van der Waals surface area contributed by atoms with Crippen molar-refractivity contribution in [2.75, 3.05) is 18.4 Å². The Balaban J connectivity index is 2.80. The number of hydrogen-bond acceptors (Lipinski definition) is 6. The third-order valence-corrected chi connectivity index (χ3v) is 5.83. The van der Waals surface area contributed by atoms with Crippen LogP contribution in [0.25, 0.3) is 0 Å². The Hall–Kier alpha value is -1.00. The van der Waals surface area contributed by atoms with Crippen LogP contribution in [-0.4, -0.2) is 54.7 Å². The van der Waals surface area contributed by atoms with E-state index in [0.717, 1.165) is 10.6 Å². The molecule has 1 aromatic heterocycles. The SMILES string of the molecule is Cc1nc(CN(C)S(=O)(=O)CS(C)(=O)=O)n[nH]1. The lowest BCUT2D eigenvalue weighted by molar-refractivity contribution is 0.460. The average Bonchev–Trinajstić information content (AvgIpc) is 2.46. The van der Waals surface area contributed by atoms with Crippen LogP contribution in [0.2, 0.25) is 0 Å². The number of hydrogen-bond donors (Lipinski definition) is 1. The van der Waals surface area contributed by atoms with Gasteiger partial charge in [0.05, 0.1) is 6.54 Å². The highest BCUT2D eigenvalue weighted by Gasteiger charge is 2.24. The Labute approximate surface area is 100 Å². The van der Waals surface area contributed by atoms with E-state index in [1.54, 1.807) is 6.92 Å². The van der Waals surface area contributed by atoms with Crippen molar-refractivity contribution in [2.24, 2.45) is 0 Å². The molecule has 0 bridgehead atoms. The molecule has 0 aliphatic carbocycles. The van der Waals surface area contributed by atoms with Crippen molar-refractivity contribution in [1.29, 1.82) is 0 Å². The molecule has 1 rings (SSSR count). The van der Waals surface area contributed by atoms with Gasteiger partial charge in [-0.25, -0.2) is 21.8 Å². The van der Waals surface area contributed by atoms with E-state index in [1.807, 2.05) is 0 Å². The number of aryl methyl sites for hydroxylation is 1. The van der Waals surface area contributed by atoms with E-state index in [4.69, 9.17) is 0 Å². The van der Waals surface area contributed by atoms with Gasteiger partial charge in [0.2, 0.25) is 10.0 Å². The molecular formula is C7H14N4O4S2. The predicted octanol–water partition coefficient (Wildman–Crippen LogP) is -1.12. The van der Waals surface area contributed by atoms with Gasteiger partial charge in [-0.3, -0.25) is 5.10 Å². The zero-order valence-corrected chi connectivity index (χ0v) is 11.3. The minimum atomic E-state index is -3.86. The largest absolute Gasteiger partial charge is 0.263 e. The summed E-state index contributed by atoms with van der Waals surface area (Å²) in [4.78, 5) is 3.94. The zero-order chi connectivity index (χ0) is 13.3. The van der Waals surface area contributed by atoms with Crippen LogP contribution in [0.3, 0.4) is 0 Å². The summed E-state index contributed by atoms with van der Waals surface area (Å²) in [7, 11) is -6.16. The van der Waals surface area contributed by atoms with Crippen LogP contribution in [0.1, 0.15) is 11.6 Å². The van der Waals surface area contributed by atoms with Crippen LogP contribution in [0.4, 0.5) is 0 Å². The Morgan fingerprint density at radius 1 is 1.29 bits per heavy atom. The number of nitrogens with one attached hydrogen (secondary N) is 1. The number of nitrogens with zero attached hydrogens (tertiary/aromatic N) is 3. The quantitative estimate of drug-likeness (QED) is 0.731. The molecule has 0 fully saturated rings. The molecule has 1 N–H and O–H groups in total. The van der Waals surface area contributed by atoms with Crippen molar-refractivity contribution >= 4 is 19.9 Å². The molecule has 1 aromatic rings. The number of sulfone groups is 1. The summed E-state index contributed by atoms with van der Waals surface area (Å²) in [6, 6.07) is 0. The summed E-state index contributed by atoms with van der Waals surface area (Å²) in [5, 5.41) is 5.43. The second kappa shape index (κ2) is 4.70. The van der Waals surface area contributed by atoms with Crippen LogP contribution in [0, 0.1) is 6.92 Å². The first kappa shape index (κ1) is 14.1. The second-order valence-electron chi connectivity index (χ2n) is 3.75. The lowest BCUT2D eigenvalue weighted by Gasteiger charge is -2.14. The minimum absolute atomic E-state index is 0.0673. The maximum Gasteiger partial charge on any atom is 0.228 e. The van der Waals surface area contributed by atoms with Gasteiger partial charge < -0.3 is 0 Å². The first-order valence-corrected chi connectivity index (χ1v) is 8.27. The van der Waals surface area contributed by atoms with Gasteiger partial charge in [-0.2, -0.15) is 9.40 Å². The summed E-state index contributed by atoms with van der Waals surface area (Å²) < 4.78 is 46.1. The van der Waals surface area contributed by atoms with Gasteiger partial charge in [-0.15, -0.1) is 0 Å². The van der Waals surface area contributed by atoms with Crippen LogP contribution in [0.15, 0.2) is 0 Å². The number of rotatable bonds is 5. The van der Waals surface area contributed by atoms with E-state index >= 15 is 0 Å². The summed E-state index contributed by atoms with van der Waals surface area (Å²) in [6.07, 6.45) is 0.870. The van der Waals surface area contributed by atoms with Crippen LogP contribution in [-0.2, 0) is 26.4 Å². The smallest absolute Gasteiger partial charge is 0.228 e. The lowest BCUT2D eigenvalue weighted by atomic mass is 10.6. The van der Waals surface area contributed by atoms with Crippen molar-refractivity contribution in [1.82, 2.24) is 19.5 Å². The summed E-state index contributed by atoms with van der Waals surface area (Å²) in [5.74, 6) is 0.857. The average molecular weight is 282 g/mol. The van der Waals surface area contributed by atoms with E-state index in [9.17, 15) is 16.8 Å². The molecule has 0 amide bonds. The minimum Gasteiger partial charge on any atom is -0.263 e. The van der Waals surface area contributed by atoms with Crippen molar-refractivity contribution < 1.29 is 16.8 Å². The topological polar surface area (TPSA) is 113 Å². The van der Waals surface area contributed by atoms with Gasteiger partial charge in [-0.1, -0.05) is 0 Å². The number of aromatic amines is 1. The number of aromatic nitrogens is 3. The molecule has 0 radical (unpaired) electrons. The Morgan fingerprint density at radius 2 is 1.88 bits per heavy atom. The van der Waals surface area contributed by atoms with Gasteiger partial charge in [0.1, 0.15) is 5.82 Å².